The summed E-state index contributed by atoms with van der Waals surface area (Å²) in [6, 6.07) is -0.00218. The van der Waals surface area contributed by atoms with Gasteiger partial charge in [-0.1, -0.05) is 0 Å². The van der Waals surface area contributed by atoms with Crippen LogP contribution >= 0.6 is 0 Å². The number of ether oxygens (including phenoxy) is 2. The molecule has 0 bridgehead atoms. The highest BCUT2D eigenvalue weighted by atomic mass is 16.5. The van der Waals surface area contributed by atoms with Gasteiger partial charge in [0.15, 0.2) is 0 Å². The van der Waals surface area contributed by atoms with E-state index in [2.05, 4.69) is 4.90 Å². The molecule has 0 aromatic carbocycles. The topological polar surface area (TPSA) is 38.8 Å². The van der Waals surface area contributed by atoms with Crippen LogP contribution in [0.3, 0.4) is 0 Å². The molecule has 0 aromatic rings. The molecule has 0 aromatic heterocycles. The third-order valence-electron chi connectivity index (χ3n) is 2.62. The summed E-state index contributed by atoms with van der Waals surface area (Å²) in [6.45, 7) is 3.80. The summed E-state index contributed by atoms with van der Waals surface area (Å²) in [5.41, 5.74) is 0. The van der Waals surface area contributed by atoms with Crippen LogP contribution in [0.4, 0.5) is 0 Å². The van der Waals surface area contributed by atoms with Gasteiger partial charge in [0.1, 0.15) is 6.04 Å². The SMILES string of the molecule is O=C1OCCCC1N1CCOCC1. The molecule has 2 fully saturated rings. The van der Waals surface area contributed by atoms with Gasteiger partial charge in [0.2, 0.25) is 0 Å². The number of nitrogens with zero attached hydrogens (tertiary/aromatic N) is 1. The lowest BCUT2D eigenvalue weighted by Gasteiger charge is -2.34. The van der Waals surface area contributed by atoms with E-state index >= 15 is 0 Å². The minimum absolute atomic E-state index is 0.00218. The molecule has 0 aliphatic carbocycles. The first-order valence-corrected chi connectivity index (χ1v) is 4.86. The van der Waals surface area contributed by atoms with Gasteiger partial charge in [-0.15, -0.1) is 0 Å². The number of rotatable bonds is 1. The smallest absolute Gasteiger partial charge is 0.323 e. The largest absolute Gasteiger partial charge is 0.465 e. The lowest BCUT2D eigenvalue weighted by Crippen LogP contribution is -2.49. The number of morpholine rings is 1. The fraction of sp³-hybridized carbons (Fsp3) is 0.889. The highest BCUT2D eigenvalue weighted by Crippen LogP contribution is 2.15. The molecule has 1 unspecified atom stereocenters. The van der Waals surface area contributed by atoms with Gasteiger partial charge in [-0.2, -0.15) is 0 Å². The molecule has 74 valence electrons. The summed E-state index contributed by atoms with van der Waals surface area (Å²) in [5.74, 6) is -0.0480. The zero-order valence-electron chi connectivity index (χ0n) is 7.70. The highest BCUT2D eigenvalue weighted by molar-refractivity contribution is 5.76. The van der Waals surface area contributed by atoms with Crippen LogP contribution in [0.5, 0.6) is 0 Å². The second kappa shape index (κ2) is 4.07. The number of hydrogen-bond donors (Lipinski definition) is 0. The molecule has 4 heteroatoms. The third kappa shape index (κ3) is 2.00. The molecule has 2 aliphatic rings. The van der Waals surface area contributed by atoms with Crippen molar-refractivity contribution in [2.45, 2.75) is 18.9 Å². The minimum atomic E-state index is -0.0480. The van der Waals surface area contributed by atoms with Crippen LogP contribution in [-0.4, -0.2) is 49.8 Å². The molecule has 0 amide bonds. The molecule has 0 spiro atoms. The van der Waals surface area contributed by atoms with Crippen molar-refractivity contribution in [1.82, 2.24) is 4.90 Å². The summed E-state index contributed by atoms with van der Waals surface area (Å²) in [4.78, 5) is 13.6. The first kappa shape index (κ1) is 8.97. The number of esters is 1. The molecule has 2 rings (SSSR count). The maximum absolute atomic E-state index is 11.4. The fourth-order valence-electron chi connectivity index (χ4n) is 1.88. The van der Waals surface area contributed by atoms with Crippen molar-refractivity contribution in [2.24, 2.45) is 0 Å². The second-order valence-electron chi connectivity index (χ2n) is 3.47. The molecular weight excluding hydrogens is 170 g/mol. The van der Waals surface area contributed by atoms with E-state index in [1.54, 1.807) is 0 Å². The monoisotopic (exact) mass is 185 g/mol. The maximum Gasteiger partial charge on any atom is 0.323 e. The summed E-state index contributed by atoms with van der Waals surface area (Å²) in [7, 11) is 0. The molecule has 2 saturated heterocycles. The predicted octanol–water partition coefficient (Wildman–Crippen LogP) is 0.0242. The van der Waals surface area contributed by atoms with Crippen molar-refractivity contribution in [3.63, 3.8) is 0 Å². The fourth-order valence-corrected chi connectivity index (χ4v) is 1.88. The van der Waals surface area contributed by atoms with Crippen LogP contribution in [0.25, 0.3) is 0 Å². The van der Waals surface area contributed by atoms with E-state index in [-0.39, 0.29) is 12.0 Å². The minimum Gasteiger partial charge on any atom is -0.465 e. The highest BCUT2D eigenvalue weighted by Gasteiger charge is 2.30. The van der Waals surface area contributed by atoms with Crippen molar-refractivity contribution < 1.29 is 14.3 Å². The first-order chi connectivity index (χ1) is 6.38. The van der Waals surface area contributed by atoms with Crippen LogP contribution < -0.4 is 0 Å². The first-order valence-electron chi connectivity index (χ1n) is 4.86. The van der Waals surface area contributed by atoms with E-state index in [4.69, 9.17) is 9.47 Å². The van der Waals surface area contributed by atoms with Crippen LogP contribution in [0.2, 0.25) is 0 Å². The molecule has 0 N–H and O–H groups in total. The van der Waals surface area contributed by atoms with Crippen LogP contribution in [-0.2, 0) is 14.3 Å². The standard InChI is InChI=1S/C9H15NO3/c11-9-8(2-1-5-13-9)10-3-6-12-7-4-10/h8H,1-7H2. The lowest BCUT2D eigenvalue weighted by atomic mass is 10.1. The van der Waals surface area contributed by atoms with Gasteiger partial charge in [0, 0.05) is 13.1 Å². The Morgan fingerprint density at radius 2 is 2.00 bits per heavy atom. The Bertz CT molecular complexity index is 189. The zero-order valence-corrected chi connectivity index (χ0v) is 7.70. The van der Waals surface area contributed by atoms with Gasteiger partial charge in [-0.3, -0.25) is 9.69 Å². The summed E-state index contributed by atoms with van der Waals surface area (Å²) in [5, 5.41) is 0. The Hall–Kier alpha value is -0.610. The quantitative estimate of drug-likeness (QED) is 0.540. The van der Waals surface area contributed by atoms with Crippen molar-refractivity contribution in [3.8, 4) is 0 Å². The molecule has 2 aliphatic heterocycles. The number of cyclic esters (lactones) is 1. The summed E-state index contributed by atoms with van der Waals surface area (Å²) >= 11 is 0. The molecule has 4 nitrogen and oxygen atoms in total. The predicted molar refractivity (Wildman–Crippen MR) is 46.4 cm³/mol. The average molecular weight is 185 g/mol. The van der Waals surface area contributed by atoms with Crippen molar-refractivity contribution in [1.29, 1.82) is 0 Å². The van der Waals surface area contributed by atoms with E-state index in [0.717, 1.165) is 39.1 Å². The van der Waals surface area contributed by atoms with E-state index in [1.807, 2.05) is 0 Å². The van der Waals surface area contributed by atoms with E-state index < -0.39 is 0 Å². The Labute approximate surface area is 77.8 Å². The Balaban J connectivity index is 1.92. The maximum atomic E-state index is 11.4. The number of carbonyl (C=O) groups excluding carboxylic acids is 1. The molecule has 0 radical (unpaired) electrons. The van der Waals surface area contributed by atoms with Gasteiger partial charge in [0.05, 0.1) is 19.8 Å². The molecule has 1 atom stereocenters. The molecule has 0 saturated carbocycles. The third-order valence-corrected chi connectivity index (χ3v) is 2.62. The molecule has 2 heterocycles. The van der Waals surface area contributed by atoms with Gasteiger partial charge in [-0.25, -0.2) is 0 Å². The summed E-state index contributed by atoms with van der Waals surface area (Å²) < 4.78 is 10.3. The van der Waals surface area contributed by atoms with Gasteiger partial charge < -0.3 is 9.47 Å². The van der Waals surface area contributed by atoms with Gasteiger partial charge >= 0.3 is 5.97 Å². The van der Waals surface area contributed by atoms with Crippen molar-refractivity contribution in [2.75, 3.05) is 32.9 Å². The van der Waals surface area contributed by atoms with E-state index in [9.17, 15) is 4.79 Å². The second-order valence-corrected chi connectivity index (χ2v) is 3.47. The van der Waals surface area contributed by atoms with Gasteiger partial charge in [-0.05, 0) is 12.8 Å². The Kier molecular flexibility index (Phi) is 2.80. The zero-order chi connectivity index (χ0) is 9.10. The Morgan fingerprint density at radius 1 is 1.23 bits per heavy atom. The van der Waals surface area contributed by atoms with Crippen LogP contribution in [0.1, 0.15) is 12.8 Å². The normalized spacial score (nSPS) is 31.4. The Morgan fingerprint density at radius 3 is 2.69 bits per heavy atom. The van der Waals surface area contributed by atoms with Crippen molar-refractivity contribution >= 4 is 5.97 Å². The van der Waals surface area contributed by atoms with E-state index in [0.29, 0.717) is 6.61 Å². The number of carbonyl (C=O) groups is 1. The lowest BCUT2D eigenvalue weighted by molar-refractivity contribution is -0.156. The summed E-state index contributed by atoms with van der Waals surface area (Å²) in [6.07, 6.45) is 1.94. The van der Waals surface area contributed by atoms with Crippen LogP contribution in [0, 0.1) is 0 Å². The molecular formula is C9H15NO3. The van der Waals surface area contributed by atoms with Gasteiger partial charge in [0.25, 0.3) is 0 Å². The van der Waals surface area contributed by atoms with E-state index in [1.165, 1.54) is 0 Å². The van der Waals surface area contributed by atoms with Crippen LogP contribution in [0.15, 0.2) is 0 Å². The molecule has 13 heavy (non-hydrogen) atoms. The van der Waals surface area contributed by atoms with Crippen molar-refractivity contribution in [3.05, 3.63) is 0 Å². The number of hydrogen-bond acceptors (Lipinski definition) is 4. The average Bonchev–Trinajstić information content (AvgIpc) is 2.20.